The molecule has 0 atom stereocenters. The predicted molar refractivity (Wildman–Crippen MR) is 85.6 cm³/mol. The lowest BCUT2D eigenvalue weighted by molar-refractivity contribution is 0.229. The molecule has 0 saturated carbocycles. The highest BCUT2D eigenvalue weighted by atomic mass is 127. The number of benzene rings is 1. The van der Waals surface area contributed by atoms with Gasteiger partial charge in [-0.2, -0.15) is 0 Å². The van der Waals surface area contributed by atoms with Gasteiger partial charge in [-0.15, -0.1) is 0 Å². The van der Waals surface area contributed by atoms with Gasteiger partial charge in [0.25, 0.3) is 0 Å². The molecule has 0 amide bonds. The second-order valence-electron chi connectivity index (χ2n) is 4.48. The van der Waals surface area contributed by atoms with Crippen LogP contribution in [0.5, 0.6) is 0 Å². The predicted octanol–water partition coefficient (Wildman–Crippen LogP) is 3.95. The Hall–Kier alpha value is 0.190. The second-order valence-corrected chi connectivity index (χ2v) is 6.58. The van der Waals surface area contributed by atoms with Crippen molar-refractivity contribution < 1.29 is 0 Å². The zero-order chi connectivity index (χ0) is 12.3. The molecular weight excluding hydrogens is 391 g/mol. The van der Waals surface area contributed by atoms with Crippen LogP contribution in [0.3, 0.4) is 0 Å². The number of anilines is 1. The third-order valence-corrected chi connectivity index (χ3v) is 4.69. The van der Waals surface area contributed by atoms with Crippen LogP contribution >= 0.6 is 38.5 Å². The standard InChI is InChI=1S/C13H18BrIN2/c1-2-17-7-5-11(6-8-17)16-13-9-10(15)3-4-12(13)14/h3-4,9,11,16H,2,5-8H2,1H3. The highest BCUT2D eigenvalue weighted by Gasteiger charge is 2.18. The molecule has 1 aliphatic heterocycles. The third kappa shape index (κ3) is 3.83. The normalized spacial score (nSPS) is 18.3. The highest BCUT2D eigenvalue weighted by molar-refractivity contribution is 14.1. The van der Waals surface area contributed by atoms with Crippen LogP contribution in [0.25, 0.3) is 0 Å². The van der Waals surface area contributed by atoms with Gasteiger partial charge in [0.1, 0.15) is 0 Å². The summed E-state index contributed by atoms with van der Waals surface area (Å²) in [7, 11) is 0. The minimum Gasteiger partial charge on any atom is -0.381 e. The molecule has 1 heterocycles. The zero-order valence-corrected chi connectivity index (χ0v) is 13.8. The smallest absolute Gasteiger partial charge is 0.0497 e. The fourth-order valence-electron chi connectivity index (χ4n) is 2.22. The van der Waals surface area contributed by atoms with E-state index in [-0.39, 0.29) is 0 Å². The molecule has 4 heteroatoms. The van der Waals surface area contributed by atoms with Crippen LogP contribution in [0, 0.1) is 3.57 Å². The Bertz CT molecular complexity index is 376. The fraction of sp³-hybridized carbons (Fsp3) is 0.538. The number of halogens is 2. The Morgan fingerprint density at radius 1 is 1.41 bits per heavy atom. The largest absolute Gasteiger partial charge is 0.381 e. The first kappa shape index (κ1) is 13.6. The van der Waals surface area contributed by atoms with Gasteiger partial charge < -0.3 is 10.2 Å². The molecule has 2 nitrogen and oxygen atoms in total. The van der Waals surface area contributed by atoms with E-state index in [1.165, 1.54) is 41.7 Å². The molecule has 1 aliphatic rings. The van der Waals surface area contributed by atoms with E-state index >= 15 is 0 Å². The maximum atomic E-state index is 3.66. The Morgan fingerprint density at radius 3 is 2.76 bits per heavy atom. The first-order chi connectivity index (χ1) is 8.19. The lowest BCUT2D eigenvalue weighted by Gasteiger charge is -2.32. The molecule has 1 aromatic carbocycles. The van der Waals surface area contributed by atoms with E-state index in [1.807, 2.05) is 0 Å². The van der Waals surface area contributed by atoms with E-state index in [2.05, 4.69) is 73.9 Å². The Labute approximate surface area is 125 Å². The van der Waals surface area contributed by atoms with Crippen molar-refractivity contribution in [1.29, 1.82) is 0 Å². The van der Waals surface area contributed by atoms with Crippen molar-refractivity contribution in [1.82, 2.24) is 4.90 Å². The van der Waals surface area contributed by atoms with Gasteiger partial charge in [0.05, 0.1) is 0 Å². The van der Waals surface area contributed by atoms with Crippen molar-refractivity contribution in [2.45, 2.75) is 25.8 Å². The van der Waals surface area contributed by atoms with Gasteiger partial charge >= 0.3 is 0 Å². The van der Waals surface area contributed by atoms with Crippen molar-refractivity contribution in [3.63, 3.8) is 0 Å². The Balaban J connectivity index is 1.95. The maximum Gasteiger partial charge on any atom is 0.0497 e. The minimum atomic E-state index is 0.618. The summed E-state index contributed by atoms with van der Waals surface area (Å²) in [5, 5.41) is 3.66. The summed E-state index contributed by atoms with van der Waals surface area (Å²) in [5.41, 5.74) is 1.23. The van der Waals surface area contributed by atoms with Gasteiger partial charge in [-0.05, 0) is 76.1 Å². The van der Waals surface area contributed by atoms with Crippen LogP contribution in [0.15, 0.2) is 22.7 Å². The first-order valence-electron chi connectivity index (χ1n) is 6.13. The molecule has 1 N–H and O–H groups in total. The summed E-state index contributed by atoms with van der Waals surface area (Å²) in [4.78, 5) is 2.52. The van der Waals surface area contributed by atoms with Crippen molar-refractivity contribution in [2.24, 2.45) is 0 Å². The number of likely N-dealkylation sites (tertiary alicyclic amines) is 1. The SMILES string of the molecule is CCN1CCC(Nc2cc(I)ccc2Br)CC1. The number of hydrogen-bond donors (Lipinski definition) is 1. The van der Waals surface area contributed by atoms with Gasteiger partial charge in [-0.3, -0.25) is 0 Å². The van der Waals surface area contributed by atoms with E-state index < -0.39 is 0 Å². The van der Waals surface area contributed by atoms with Crippen molar-refractivity contribution >= 4 is 44.2 Å². The van der Waals surface area contributed by atoms with Crippen LogP contribution in [0.1, 0.15) is 19.8 Å². The average molecular weight is 409 g/mol. The van der Waals surface area contributed by atoms with Crippen LogP contribution < -0.4 is 5.32 Å². The number of nitrogens with zero attached hydrogens (tertiary/aromatic N) is 1. The molecule has 0 aliphatic carbocycles. The van der Waals surface area contributed by atoms with Crippen LogP contribution in [-0.4, -0.2) is 30.6 Å². The van der Waals surface area contributed by atoms with E-state index in [1.54, 1.807) is 0 Å². The van der Waals surface area contributed by atoms with Crippen molar-refractivity contribution in [3.8, 4) is 0 Å². The van der Waals surface area contributed by atoms with Crippen LogP contribution in [0.4, 0.5) is 5.69 Å². The quantitative estimate of drug-likeness (QED) is 0.761. The average Bonchev–Trinajstić information content (AvgIpc) is 2.35. The van der Waals surface area contributed by atoms with Crippen molar-refractivity contribution in [3.05, 3.63) is 26.2 Å². The molecule has 0 radical (unpaired) electrons. The summed E-state index contributed by atoms with van der Waals surface area (Å²) in [6, 6.07) is 7.06. The molecule has 1 saturated heterocycles. The van der Waals surface area contributed by atoms with Crippen molar-refractivity contribution in [2.75, 3.05) is 25.0 Å². The minimum absolute atomic E-state index is 0.618. The van der Waals surface area contributed by atoms with Gasteiger partial charge in [-0.1, -0.05) is 6.92 Å². The summed E-state index contributed by atoms with van der Waals surface area (Å²) < 4.78 is 2.44. The third-order valence-electron chi connectivity index (χ3n) is 3.32. The summed E-state index contributed by atoms with van der Waals surface area (Å²) in [5.74, 6) is 0. The van der Waals surface area contributed by atoms with E-state index in [9.17, 15) is 0 Å². The molecule has 17 heavy (non-hydrogen) atoms. The molecule has 2 rings (SSSR count). The lowest BCUT2D eigenvalue weighted by atomic mass is 10.0. The highest BCUT2D eigenvalue weighted by Crippen LogP contribution is 2.26. The van der Waals surface area contributed by atoms with Gasteiger partial charge in [-0.25, -0.2) is 0 Å². The van der Waals surface area contributed by atoms with E-state index in [0.717, 1.165) is 4.47 Å². The summed E-state index contributed by atoms with van der Waals surface area (Å²) in [6.07, 6.45) is 2.48. The fourth-order valence-corrected chi connectivity index (χ4v) is 3.07. The maximum absolute atomic E-state index is 3.66. The molecule has 1 fully saturated rings. The lowest BCUT2D eigenvalue weighted by Crippen LogP contribution is -2.38. The van der Waals surface area contributed by atoms with E-state index in [4.69, 9.17) is 0 Å². The first-order valence-corrected chi connectivity index (χ1v) is 8.00. The Kier molecular flexibility index (Phi) is 5.11. The molecule has 0 aromatic heterocycles. The van der Waals surface area contributed by atoms with Gasteiger partial charge in [0.15, 0.2) is 0 Å². The topological polar surface area (TPSA) is 15.3 Å². The monoisotopic (exact) mass is 408 g/mol. The molecule has 0 bridgehead atoms. The van der Waals surface area contributed by atoms with Crippen LogP contribution in [0.2, 0.25) is 0 Å². The molecule has 1 aromatic rings. The molecule has 0 unspecified atom stereocenters. The second kappa shape index (κ2) is 6.38. The molecule has 94 valence electrons. The van der Waals surface area contributed by atoms with E-state index in [0.29, 0.717) is 6.04 Å². The summed E-state index contributed by atoms with van der Waals surface area (Å²) >= 11 is 5.96. The molecule has 0 spiro atoms. The number of rotatable bonds is 3. The Morgan fingerprint density at radius 2 is 2.12 bits per heavy atom. The zero-order valence-electron chi connectivity index (χ0n) is 10.0. The molecular formula is C13H18BrIN2. The van der Waals surface area contributed by atoms with Gasteiger partial charge in [0, 0.05) is 32.9 Å². The summed E-state index contributed by atoms with van der Waals surface area (Å²) in [6.45, 7) is 5.86. The number of piperidine rings is 1. The number of hydrogen-bond acceptors (Lipinski definition) is 2. The van der Waals surface area contributed by atoms with Gasteiger partial charge in [0.2, 0.25) is 0 Å². The number of nitrogens with one attached hydrogen (secondary N) is 1. The van der Waals surface area contributed by atoms with Crippen LogP contribution in [-0.2, 0) is 0 Å².